The molecule has 154 valence electrons. The Hall–Kier alpha value is -2.97. The van der Waals surface area contributed by atoms with Crippen LogP contribution >= 0.6 is 0 Å². The van der Waals surface area contributed by atoms with Crippen molar-refractivity contribution in [3.05, 3.63) is 36.0 Å². The highest BCUT2D eigenvalue weighted by Crippen LogP contribution is 2.28. The molecule has 1 saturated heterocycles. The normalized spacial score (nSPS) is 22.4. The number of amides is 2. The van der Waals surface area contributed by atoms with Gasteiger partial charge in [0.05, 0.1) is 5.71 Å². The first-order valence-electron chi connectivity index (χ1n) is 9.79. The number of nitrogens with one attached hydrogen (secondary N) is 1. The monoisotopic (exact) mass is 401 g/mol. The molecule has 1 N–H and O–H groups in total. The van der Waals surface area contributed by atoms with Gasteiger partial charge in [-0.3, -0.25) is 14.0 Å². The zero-order valence-corrected chi connectivity index (χ0v) is 16.5. The van der Waals surface area contributed by atoms with E-state index in [2.05, 4.69) is 15.5 Å². The minimum Gasteiger partial charge on any atom is -0.379 e. The lowest BCUT2D eigenvalue weighted by molar-refractivity contribution is -0.154. The molecule has 0 radical (unpaired) electrons. The Morgan fingerprint density at radius 3 is 2.76 bits per heavy atom. The van der Waals surface area contributed by atoms with Gasteiger partial charge in [0.25, 0.3) is 11.8 Å². The van der Waals surface area contributed by atoms with Crippen LogP contribution in [0.15, 0.2) is 29.6 Å². The third-order valence-corrected chi connectivity index (χ3v) is 5.59. The second kappa shape index (κ2) is 7.46. The summed E-state index contributed by atoms with van der Waals surface area (Å²) < 4.78 is 15.6. The second-order valence-corrected chi connectivity index (χ2v) is 7.95. The number of aromatic nitrogens is 2. The number of piperidine rings is 1. The fraction of sp³-hybridized carbons (Fsp3) is 0.500. The molecule has 0 bridgehead atoms. The van der Waals surface area contributed by atoms with Crippen molar-refractivity contribution in [1.82, 2.24) is 19.6 Å². The number of imidazole rings is 1. The summed E-state index contributed by atoms with van der Waals surface area (Å²) in [4.78, 5) is 36.4. The van der Waals surface area contributed by atoms with E-state index in [0.29, 0.717) is 31.7 Å². The molecule has 29 heavy (non-hydrogen) atoms. The highest BCUT2D eigenvalue weighted by Gasteiger charge is 2.44. The Kier molecular flexibility index (Phi) is 4.97. The molecule has 4 rings (SSSR count). The maximum Gasteiger partial charge on any atom is 0.274 e. The number of likely N-dealkylation sites (tertiary alicyclic amines) is 1. The fourth-order valence-corrected chi connectivity index (χ4v) is 3.95. The van der Waals surface area contributed by atoms with Gasteiger partial charge in [0.2, 0.25) is 11.5 Å². The minimum atomic E-state index is -0.911. The van der Waals surface area contributed by atoms with Gasteiger partial charge in [-0.1, -0.05) is 11.2 Å². The lowest BCUT2D eigenvalue weighted by atomic mass is 9.93. The summed E-state index contributed by atoms with van der Waals surface area (Å²) in [5, 5.41) is 6.69. The largest absolute Gasteiger partial charge is 0.379 e. The Morgan fingerprint density at radius 2 is 2.10 bits per heavy atom. The summed E-state index contributed by atoms with van der Waals surface area (Å²) in [6, 6.07) is 5.07. The van der Waals surface area contributed by atoms with Crippen molar-refractivity contribution in [2.45, 2.75) is 38.7 Å². The molecule has 4 heterocycles. The molecule has 8 nitrogen and oxygen atoms in total. The Morgan fingerprint density at radius 1 is 1.34 bits per heavy atom. The number of hydrogen-bond acceptors (Lipinski definition) is 5. The van der Waals surface area contributed by atoms with Crippen LogP contribution in [-0.2, 0) is 9.63 Å². The number of nitrogens with zero attached hydrogens (tertiary/aromatic N) is 4. The summed E-state index contributed by atoms with van der Waals surface area (Å²) >= 11 is 0. The molecule has 0 spiro atoms. The number of carbonyl (C=O) groups is 2. The Bertz CT molecular complexity index is 980. The molecule has 2 aliphatic heterocycles. The van der Waals surface area contributed by atoms with Crippen LogP contribution in [0.4, 0.5) is 4.39 Å². The van der Waals surface area contributed by atoms with Crippen LogP contribution in [0.25, 0.3) is 5.65 Å². The van der Waals surface area contributed by atoms with Crippen molar-refractivity contribution >= 4 is 23.2 Å². The average Bonchev–Trinajstić information content (AvgIpc) is 3.26. The van der Waals surface area contributed by atoms with Gasteiger partial charge in [0.15, 0.2) is 5.69 Å². The van der Waals surface area contributed by atoms with Crippen LogP contribution < -0.4 is 5.32 Å². The lowest BCUT2D eigenvalue weighted by Crippen LogP contribution is -2.50. The van der Waals surface area contributed by atoms with E-state index in [1.807, 2.05) is 6.92 Å². The van der Waals surface area contributed by atoms with Crippen LogP contribution in [0, 0.1) is 11.9 Å². The van der Waals surface area contributed by atoms with Crippen LogP contribution in [0.2, 0.25) is 0 Å². The molecule has 2 aliphatic rings. The predicted octanol–water partition coefficient (Wildman–Crippen LogP) is 2.00. The van der Waals surface area contributed by atoms with Crippen molar-refractivity contribution in [3.63, 3.8) is 0 Å². The summed E-state index contributed by atoms with van der Waals surface area (Å²) in [5.41, 5.74) is 0.0955. The van der Waals surface area contributed by atoms with Crippen LogP contribution in [0.3, 0.4) is 0 Å². The number of halogens is 1. The third kappa shape index (κ3) is 3.68. The zero-order valence-electron chi connectivity index (χ0n) is 16.5. The first-order chi connectivity index (χ1) is 13.9. The van der Waals surface area contributed by atoms with E-state index in [1.54, 1.807) is 30.0 Å². The number of pyridine rings is 1. The molecule has 9 heteroatoms. The second-order valence-electron chi connectivity index (χ2n) is 7.95. The Balaban J connectivity index is 1.29. The molecule has 0 aliphatic carbocycles. The summed E-state index contributed by atoms with van der Waals surface area (Å²) in [5.74, 6) is -1.02. The quantitative estimate of drug-likeness (QED) is 0.849. The molecule has 0 unspecified atom stereocenters. The number of carbonyl (C=O) groups excluding carboxylic acids is 2. The van der Waals surface area contributed by atoms with Gasteiger partial charge >= 0.3 is 0 Å². The van der Waals surface area contributed by atoms with E-state index < -0.39 is 17.5 Å². The fourth-order valence-electron chi connectivity index (χ4n) is 3.95. The topological polar surface area (TPSA) is 88.3 Å². The van der Waals surface area contributed by atoms with E-state index in [4.69, 9.17) is 4.84 Å². The number of fused-ring (bicyclic) bond motifs is 1. The standard InChI is InChI=1S/C20H24FN5O3/c1-13-11-20(2,29-24-13)19(28)25-9-6-14(7-10-25)12-22-18(27)16-17(21)26-8-4-3-5-15(26)23-16/h3-5,8,14H,6-7,9-12H2,1-2H3,(H,22,27)/t20-/m0/s1. The van der Waals surface area contributed by atoms with Gasteiger partial charge in [-0.05, 0) is 44.7 Å². The maximum atomic E-state index is 14.4. The van der Waals surface area contributed by atoms with Crippen molar-refractivity contribution in [2.75, 3.05) is 19.6 Å². The number of oxime groups is 1. The zero-order chi connectivity index (χ0) is 20.6. The summed E-state index contributed by atoms with van der Waals surface area (Å²) in [6.07, 6.45) is 3.56. The van der Waals surface area contributed by atoms with Gasteiger partial charge < -0.3 is 15.1 Å². The first kappa shape index (κ1) is 19.4. The van der Waals surface area contributed by atoms with Crippen LogP contribution in [0.5, 0.6) is 0 Å². The Labute approximate surface area is 167 Å². The molecule has 1 fully saturated rings. The molecule has 0 aromatic carbocycles. The summed E-state index contributed by atoms with van der Waals surface area (Å²) in [6.45, 7) is 5.23. The van der Waals surface area contributed by atoms with E-state index in [-0.39, 0.29) is 17.5 Å². The number of rotatable bonds is 4. The van der Waals surface area contributed by atoms with E-state index in [0.717, 1.165) is 18.6 Å². The lowest BCUT2D eigenvalue weighted by Gasteiger charge is -2.35. The highest BCUT2D eigenvalue weighted by atomic mass is 19.1. The summed E-state index contributed by atoms with van der Waals surface area (Å²) in [7, 11) is 0. The first-order valence-corrected chi connectivity index (χ1v) is 9.79. The SMILES string of the molecule is CC1=NO[C@](C)(C(=O)N2CCC(CNC(=O)c3nc4ccccn4c3F)CC2)C1. The average molecular weight is 401 g/mol. The molecular weight excluding hydrogens is 377 g/mol. The molecule has 2 aromatic heterocycles. The number of hydrogen-bond donors (Lipinski definition) is 1. The highest BCUT2D eigenvalue weighted by molar-refractivity contribution is 5.94. The van der Waals surface area contributed by atoms with Gasteiger partial charge in [-0.15, -0.1) is 0 Å². The third-order valence-electron chi connectivity index (χ3n) is 5.59. The molecule has 1 atom stereocenters. The van der Waals surface area contributed by atoms with Gasteiger partial charge in [0.1, 0.15) is 5.65 Å². The van der Waals surface area contributed by atoms with Crippen molar-refractivity contribution in [2.24, 2.45) is 11.1 Å². The molecule has 2 aromatic rings. The van der Waals surface area contributed by atoms with E-state index in [9.17, 15) is 14.0 Å². The van der Waals surface area contributed by atoms with Gasteiger partial charge in [-0.2, -0.15) is 4.39 Å². The predicted molar refractivity (Wildman–Crippen MR) is 104 cm³/mol. The molecular formula is C20H24FN5O3. The van der Waals surface area contributed by atoms with E-state index in [1.165, 1.54) is 10.6 Å². The molecule has 0 saturated carbocycles. The smallest absolute Gasteiger partial charge is 0.274 e. The minimum absolute atomic E-state index is 0.0487. The van der Waals surface area contributed by atoms with E-state index >= 15 is 0 Å². The van der Waals surface area contributed by atoms with Crippen LogP contribution in [0.1, 0.15) is 43.6 Å². The molecule has 2 amide bonds. The van der Waals surface area contributed by atoms with Crippen LogP contribution in [-0.4, -0.2) is 57.0 Å². The van der Waals surface area contributed by atoms with Crippen molar-refractivity contribution in [1.29, 1.82) is 0 Å². The maximum absolute atomic E-state index is 14.4. The van der Waals surface area contributed by atoms with Gasteiger partial charge in [-0.25, -0.2) is 4.98 Å². The van der Waals surface area contributed by atoms with Crippen molar-refractivity contribution in [3.8, 4) is 0 Å². The van der Waals surface area contributed by atoms with Gasteiger partial charge in [0, 0.05) is 32.3 Å². The van der Waals surface area contributed by atoms with Crippen molar-refractivity contribution < 1.29 is 18.8 Å².